The minimum atomic E-state index is -0.566. The van der Waals surface area contributed by atoms with Gasteiger partial charge in [0.1, 0.15) is 5.75 Å². The topological polar surface area (TPSA) is 58.6 Å². The summed E-state index contributed by atoms with van der Waals surface area (Å²) in [6.07, 6.45) is 1.50. The quantitative estimate of drug-likeness (QED) is 0.858. The van der Waals surface area contributed by atoms with Gasteiger partial charge in [0, 0.05) is 0 Å². The van der Waals surface area contributed by atoms with Crippen molar-refractivity contribution in [1.29, 1.82) is 0 Å². The zero-order chi connectivity index (χ0) is 13.3. The molecule has 1 saturated carbocycles. The lowest BCUT2D eigenvalue weighted by Gasteiger charge is -2.16. The van der Waals surface area contributed by atoms with Crippen molar-refractivity contribution in [1.82, 2.24) is 0 Å². The molecule has 98 valence electrons. The van der Waals surface area contributed by atoms with Gasteiger partial charge >= 0.3 is 0 Å². The van der Waals surface area contributed by atoms with Crippen LogP contribution in [0.25, 0.3) is 0 Å². The number of aryl methyl sites for hydroxylation is 2. The van der Waals surface area contributed by atoms with Gasteiger partial charge in [-0.05, 0) is 49.9 Å². The lowest BCUT2D eigenvalue weighted by molar-refractivity contribution is -0.122. The first-order valence-electron chi connectivity index (χ1n) is 6.10. The normalized spacial score (nSPS) is 16.2. The first-order valence-corrected chi connectivity index (χ1v) is 6.10. The van der Waals surface area contributed by atoms with Gasteiger partial charge in [0.05, 0.1) is 24.8 Å². The molecule has 18 heavy (non-hydrogen) atoms. The first-order chi connectivity index (χ1) is 8.52. The number of methoxy groups -OCH3 is 1. The van der Waals surface area contributed by atoms with Crippen LogP contribution in [0.15, 0.2) is 12.1 Å². The molecular weight excluding hydrogens is 230 g/mol. The number of amides is 1. The summed E-state index contributed by atoms with van der Waals surface area (Å²) in [6.45, 7) is 3.90. The molecule has 0 bridgehead atoms. The highest BCUT2D eigenvalue weighted by Gasteiger charge is 2.49. The zero-order valence-corrected chi connectivity index (χ0v) is 11.0. The molecule has 4 heteroatoms. The number of aliphatic hydroxyl groups excluding tert-OH is 1. The highest BCUT2D eigenvalue weighted by Crippen LogP contribution is 2.46. The SMILES string of the molecule is COc1cc(C)c(C)cc1NC(=O)C1(CO)CC1. The van der Waals surface area contributed by atoms with E-state index in [2.05, 4.69) is 5.32 Å². The van der Waals surface area contributed by atoms with E-state index in [0.29, 0.717) is 11.4 Å². The third kappa shape index (κ3) is 2.20. The van der Waals surface area contributed by atoms with Crippen molar-refractivity contribution in [3.63, 3.8) is 0 Å². The summed E-state index contributed by atoms with van der Waals surface area (Å²) < 4.78 is 5.27. The number of carbonyl (C=O) groups is 1. The van der Waals surface area contributed by atoms with Crippen LogP contribution in [0.3, 0.4) is 0 Å². The van der Waals surface area contributed by atoms with E-state index in [1.807, 2.05) is 26.0 Å². The Morgan fingerprint density at radius 3 is 2.50 bits per heavy atom. The fourth-order valence-electron chi connectivity index (χ4n) is 1.92. The molecule has 0 aliphatic heterocycles. The second kappa shape index (κ2) is 4.61. The van der Waals surface area contributed by atoms with Gasteiger partial charge < -0.3 is 15.2 Å². The predicted octanol–water partition coefficient (Wildman–Crippen LogP) is 2.02. The minimum Gasteiger partial charge on any atom is -0.495 e. The highest BCUT2D eigenvalue weighted by molar-refractivity contribution is 5.98. The van der Waals surface area contributed by atoms with E-state index in [1.54, 1.807) is 7.11 Å². The van der Waals surface area contributed by atoms with Gasteiger partial charge in [-0.1, -0.05) is 0 Å². The van der Waals surface area contributed by atoms with Gasteiger partial charge in [-0.2, -0.15) is 0 Å². The fraction of sp³-hybridized carbons (Fsp3) is 0.500. The van der Waals surface area contributed by atoms with Crippen LogP contribution in [0.1, 0.15) is 24.0 Å². The molecule has 0 saturated heterocycles. The average molecular weight is 249 g/mol. The second-order valence-electron chi connectivity index (χ2n) is 5.03. The summed E-state index contributed by atoms with van der Waals surface area (Å²) in [4.78, 5) is 12.1. The number of hydrogen-bond donors (Lipinski definition) is 2. The van der Waals surface area contributed by atoms with Crippen molar-refractivity contribution >= 4 is 11.6 Å². The smallest absolute Gasteiger partial charge is 0.233 e. The minimum absolute atomic E-state index is 0.0913. The third-order valence-electron chi connectivity index (χ3n) is 3.70. The molecule has 4 nitrogen and oxygen atoms in total. The monoisotopic (exact) mass is 249 g/mol. The van der Waals surface area contributed by atoms with E-state index in [4.69, 9.17) is 4.74 Å². The van der Waals surface area contributed by atoms with Crippen LogP contribution in [-0.4, -0.2) is 24.7 Å². The molecule has 1 aliphatic carbocycles. The number of carbonyl (C=O) groups excluding carboxylic acids is 1. The Morgan fingerprint density at radius 2 is 2.00 bits per heavy atom. The van der Waals surface area contributed by atoms with Gasteiger partial charge in [0.25, 0.3) is 0 Å². The first kappa shape index (κ1) is 12.9. The van der Waals surface area contributed by atoms with Crippen LogP contribution in [0, 0.1) is 19.3 Å². The van der Waals surface area contributed by atoms with E-state index in [9.17, 15) is 9.90 Å². The number of aliphatic hydroxyl groups is 1. The molecule has 1 aromatic carbocycles. The molecule has 0 heterocycles. The molecule has 1 aromatic rings. The maximum Gasteiger partial charge on any atom is 0.233 e. The van der Waals surface area contributed by atoms with Crippen LogP contribution in [-0.2, 0) is 4.79 Å². The van der Waals surface area contributed by atoms with Gasteiger partial charge in [-0.15, -0.1) is 0 Å². The van der Waals surface area contributed by atoms with Crippen LogP contribution >= 0.6 is 0 Å². The summed E-state index contributed by atoms with van der Waals surface area (Å²) >= 11 is 0. The van der Waals surface area contributed by atoms with Crippen LogP contribution < -0.4 is 10.1 Å². The van der Waals surface area contributed by atoms with Crippen molar-refractivity contribution in [2.24, 2.45) is 5.41 Å². The summed E-state index contributed by atoms with van der Waals surface area (Å²) in [5.74, 6) is 0.534. The Labute approximate surface area is 107 Å². The Bertz CT molecular complexity index is 478. The van der Waals surface area contributed by atoms with Gasteiger partial charge in [0.2, 0.25) is 5.91 Å². The summed E-state index contributed by atoms with van der Waals surface area (Å²) in [7, 11) is 1.58. The maximum absolute atomic E-state index is 12.1. The summed E-state index contributed by atoms with van der Waals surface area (Å²) in [5, 5.41) is 12.1. The number of hydrogen-bond acceptors (Lipinski definition) is 3. The second-order valence-corrected chi connectivity index (χ2v) is 5.03. The molecule has 2 rings (SSSR count). The Morgan fingerprint density at radius 1 is 1.39 bits per heavy atom. The molecule has 2 N–H and O–H groups in total. The number of rotatable bonds is 4. The average Bonchev–Trinajstić information content (AvgIpc) is 3.14. The summed E-state index contributed by atoms with van der Waals surface area (Å²) in [5.41, 5.74) is 2.32. The van der Waals surface area contributed by atoms with Gasteiger partial charge in [-0.3, -0.25) is 4.79 Å². The van der Waals surface area contributed by atoms with E-state index in [-0.39, 0.29) is 12.5 Å². The van der Waals surface area contributed by atoms with Crippen molar-refractivity contribution in [2.45, 2.75) is 26.7 Å². The van der Waals surface area contributed by atoms with Crippen LogP contribution in [0.5, 0.6) is 5.75 Å². The molecule has 0 aromatic heterocycles. The molecule has 0 atom stereocenters. The predicted molar refractivity (Wildman–Crippen MR) is 69.9 cm³/mol. The number of benzene rings is 1. The lowest BCUT2D eigenvalue weighted by Crippen LogP contribution is -2.27. The van der Waals surface area contributed by atoms with E-state index in [1.165, 1.54) is 0 Å². The molecule has 1 fully saturated rings. The molecule has 0 radical (unpaired) electrons. The molecule has 1 aliphatic rings. The molecule has 0 unspecified atom stereocenters. The van der Waals surface area contributed by atoms with E-state index in [0.717, 1.165) is 24.0 Å². The summed E-state index contributed by atoms with van der Waals surface area (Å²) in [6, 6.07) is 3.81. The standard InChI is InChI=1S/C14H19NO3/c1-9-6-11(12(18-3)7-10(9)2)15-13(17)14(8-16)4-5-14/h6-7,16H,4-5,8H2,1-3H3,(H,15,17). The molecule has 1 amide bonds. The third-order valence-corrected chi connectivity index (χ3v) is 3.70. The zero-order valence-electron chi connectivity index (χ0n) is 11.0. The Balaban J connectivity index is 2.23. The van der Waals surface area contributed by atoms with Crippen LogP contribution in [0.2, 0.25) is 0 Å². The molecular formula is C14H19NO3. The number of nitrogens with one attached hydrogen (secondary N) is 1. The van der Waals surface area contributed by atoms with E-state index >= 15 is 0 Å². The van der Waals surface area contributed by atoms with E-state index < -0.39 is 5.41 Å². The Kier molecular flexibility index (Phi) is 3.30. The molecule has 0 spiro atoms. The van der Waals surface area contributed by atoms with Crippen molar-refractivity contribution < 1.29 is 14.6 Å². The van der Waals surface area contributed by atoms with Gasteiger partial charge in [-0.25, -0.2) is 0 Å². The number of anilines is 1. The highest BCUT2D eigenvalue weighted by atomic mass is 16.5. The van der Waals surface area contributed by atoms with Crippen molar-refractivity contribution in [2.75, 3.05) is 19.0 Å². The Hall–Kier alpha value is -1.55. The van der Waals surface area contributed by atoms with Crippen molar-refractivity contribution in [3.8, 4) is 5.75 Å². The van der Waals surface area contributed by atoms with Crippen molar-refractivity contribution in [3.05, 3.63) is 23.3 Å². The van der Waals surface area contributed by atoms with Gasteiger partial charge in [0.15, 0.2) is 0 Å². The lowest BCUT2D eigenvalue weighted by atomic mass is 10.1. The fourth-order valence-corrected chi connectivity index (χ4v) is 1.92. The number of ether oxygens (including phenoxy) is 1. The maximum atomic E-state index is 12.1. The van der Waals surface area contributed by atoms with Crippen LogP contribution in [0.4, 0.5) is 5.69 Å². The largest absolute Gasteiger partial charge is 0.495 e.